The van der Waals surface area contributed by atoms with E-state index in [-0.39, 0.29) is 0 Å². The molecular formula is C10H16N2O9. The van der Waals surface area contributed by atoms with Gasteiger partial charge in [-0.05, 0) is 0 Å². The monoisotopic (exact) mass is 308 g/mol. The number of primary amides is 1. The van der Waals surface area contributed by atoms with Gasteiger partial charge in [0, 0.05) is 13.1 Å². The minimum Gasteiger partial charge on any atom is -0.480 e. The highest BCUT2D eigenvalue weighted by molar-refractivity contribution is 5.83. The Balaban J connectivity index is 5.22. The first-order valence-corrected chi connectivity index (χ1v) is 5.63. The maximum atomic E-state index is 11.1. The van der Waals surface area contributed by atoms with Crippen LogP contribution in [0.4, 0.5) is 0 Å². The van der Waals surface area contributed by atoms with Crippen LogP contribution in [0.5, 0.6) is 0 Å². The molecule has 3 atom stereocenters. The van der Waals surface area contributed by atoms with E-state index >= 15 is 0 Å². The number of aliphatic carboxylic acids is 3. The molecule has 11 nitrogen and oxygen atoms in total. The van der Waals surface area contributed by atoms with Crippen molar-refractivity contribution in [3.63, 3.8) is 0 Å². The van der Waals surface area contributed by atoms with Gasteiger partial charge in [0.2, 0.25) is 5.91 Å². The van der Waals surface area contributed by atoms with Crippen molar-refractivity contribution in [1.82, 2.24) is 4.90 Å². The zero-order chi connectivity index (χ0) is 16.7. The summed E-state index contributed by atoms with van der Waals surface area (Å²) >= 11 is 0. The molecule has 0 spiro atoms. The molecule has 0 aliphatic carbocycles. The number of amides is 1. The number of carboxylic acids is 3. The molecule has 0 radical (unpaired) electrons. The maximum absolute atomic E-state index is 11.1. The number of rotatable bonds is 10. The number of nitrogens with zero attached hydrogens (tertiary/aromatic N) is 1. The third-order valence-electron chi connectivity index (χ3n) is 2.51. The van der Waals surface area contributed by atoms with Crippen LogP contribution in [0.25, 0.3) is 0 Å². The molecule has 7 N–H and O–H groups in total. The van der Waals surface area contributed by atoms with Gasteiger partial charge in [-0.25, -0.2) is 9.59 Å². The predicted molar refractivity (Wildman–Crippen MR) is 64.1 cm³/mol. The third-order valence-corrected chi connectivity index (χ3v) is 2.51. The first kappa shape index (κ1) is 18.8. The minimum atomic E-state index is -2.03. The zero-order valence-electron chi connectivity index (χ0n) is 10.7. The Morgan fingerprint density at radius 1 is 0.857 bits per heavy atom. The molecule has 2 unspecified atom stereocenters. The van der Waals surface area contributed by atoms with Crippen molar-refractivity contribution < 1.29 is 44.7 Å². The zero-order valence-corrected chi connectivity index (χ0v) is 10.7. The van der Waals surface area contributed by atoms with Crippen LogP contribution in [0, 0.1) is 0 Å². The Morgan fingerprint density at radius 2 is 1.24 bits per heavy atom. The number of carbonyl (C=O) groups is 4. The van der Waals surface area contributed by atoms with E-state index in [9.17, 15) is 29.4 Å². The van der Waals surface area contributed by atoms with Crippen molar-refractivity contribution in [3.05, 3.63) is 0 Å². The molecule has 0 aromatic carbocycles. The molecule has 0 aliphatic rings. The number of hydrogen-bond acceptors (Lipinski definition) is 7. The van der Waals surface area contributed by atoms with E-state index < -0.39 is 61.6 Å². The quantitative estimate of drug-likeness (QED) is 0.235. The second kappa shape index (κ2) is 8.14. The normalized spacial score (nSPS) is 15.2. The molecule has 11 heteroatoms. The number of carbonyl (C=O) groups excluding carboxylic acids is 1. The van der Waals surface area contributed by atoms with Crippen LogP contribution in [0.15, 0.2) is 0 Å². The molecule has 0 aliphatic heterocycles. The Kier molecular flexibility index (Phi) is 7.27. The van der Waals surface area contributed by atoms with Crippen molar-refractivity contribution in [1.29, 1.82) is 0 Å². The maximum Gasteiger partial charge on any atom is 0.333 e. The van der Waals surface area contributed by atoms with Crippen LogP contribution in [-0.2, 0) is 19.2 Å². The first-order chi connectivity index (χ1) is 9.56. The Labute approximate surface area is 118 Å². The summed E-state index contributed by atoms with van der Waals surface area (Å²) in [5, 5.41) is 44.6. The summed E-state index contributed by atoms with van der Waals surface area (Å²) in [7, 11) is 0. The predicted octanol–water partition coefficient (Wildman–Crippen LogP) is -3.49. The molecule has 0 saturated heterocycles. The average Bonchev–Trinajstić information content (AvgIpc) is 2.33. The Bertz CT molecular complexity index is 403. The van der Waals surface area contributed by atoms with Crippen LogP contribution in [-0.4, -0.2) is 85.6 Å². The van der Waals surface area contributed by atoms with Crippen LogP contribution in [0.1, 0.15) is 6.42 Å². The summed E-state index contributed by atoms with van der Waals surface area (Å²) in [6.45, 7) is -1.60. The number of carboxylic acid groups (broad SMARTS) is 3. The second-order valence-electron chi connectivity index (χ2n) is 4.19. The third kappa shape index (κ3) is 6.65. The highest BCUT2D eigenvalue weighted by Gasteiger charge is 2.33. The van der Waals surface area contributed by atoms with Gasteiger partial charge in [0.05, 0.1) is 6.42 Å². The molecule has 0 saturated carbocycles. The summed E-state index contributed by atoms with van der Waals surface area (Å²) < 4.78 is 0. The molecule has 0 bridgehead atoms. The summed E-state index contributed by atoms with van der Waals surface area (Å²) in [4.78, 5) is 43.7. The van der Waals surface area contributed by atoms with Gasteiger partial charge in [0.15, 0.2) is 12.2 Å². The number of hydrogen-bond donors (Lipinski definition) is 6. The fourth-order valence-corrected chi connectivity index (χ4v) is 1.49. The van der Waals surface area contributed by atoms with Crippen molar-refractivity contribution in [2.75, 3.05) is 13.1 Å². The molecular weight excluding hydrogens is 292 g/mol. The van der Waals surface area contributed by atoms with Gasteiger partial charge in [-0.2, -0.15) is 0 Å². The molecule has 0 aromatic heterocycles. The van der Waals surface area contributed by atoms with Gasteiger partial charge in [-0.3, -0.25) is 14.5 Å². The molecule has 0 rings (SSSR count). The van der Waals surface area contributed by atoms with E-state index in [0.717, 1.165) is 0 Å². The minimum absolute atomic E-state index is 0.657. The molecule has 120 valence electrons. The lowest BCUT2D eigenvalue weighted by Crippen LogP contribution is -2.52. The first-order valence-electron chi connectivity index (χ1n) is 5.63. The summed E-state index contributed by atoms with van der Waals surface area (Å²) in [6, 6.07) is -1.68. The fraction of sp³-hybridized carbons (Fsp3) is 0.600. The fourth-order valence-electron chi connectivity index (χ4n) is 1.49. The van der Waals surface area contributed by atoms with E-state index in [2.05, 4.69) is 0 Å². The van der Waals surface area contributed by atoms with Crippen LogP contribution < -0.4 is 5.73 Å². The van der Waals surface area contributed by atoms with Gasteiger partial charge in [-0.15, -0.1) is 0 Å². The van der Waals surface area contributed by atoms with Crippen LogP contribution in [0.2, 0.25) is 0 Å². The lowest BCUT2D eigenvalue weighted by atomic mass is 10.1. The van der Waals surface area contributed by atoms with Crippen molar-refractivity contribution in [2.45, 2.75) is 24.7 Å². The van der Waals surface area contributed by atoms with E-state index in [4.69, 9.17) is 21.1 Å². The van der Waals surface area contributed by atoms with Gasteiger partial charge in [0.1, 0.15) is 6.04 Å². The largest absolute Gasteiger partial charge is 0.480 e. The lowest BCUT2D eigenvalue weighted by Gasteiger charge is -2.29. The highest BCUT2D eigenvalue weighted by atomic mass is 16.4. The van der Waals surface area contributed by atoms with E-state index in [1.807, 2.05) is 0 Å². The standard InChI is InChI=1S/C10H16N2O9/c11-7(15)1-4(8(16)17)12(2-5(13)9(18)19)3-6(14)10(20)21/h4-6,13-14H,1-3H2,(H2,11,15)(H,16,17)(H,18,19)(H,20,21)/t4-,5?,6?/m0/s1. The summed E-state index contributed by atoms with van der Waals surface area (Å²) in [6.07, 6.45) is -4.80. The van der Waals surface area contributed by atoms with E-state index in [0.29, 0.717) is 4.90 Å². The average molecular weight is 308 g/mol. The van der Waals surface area contributed by atoms with Crippen LogP contribution >= 0.6 is 0 Å². The highest BCUT2D eigenvalue weighted by Crippen LogP contribution is 2.08. The Morgan fingerprint density at radius 3 is 1.48 bits per heavy atom. The van der Waals surface area contributed by atoms with Crippen LogP contribution in [0.3, 0.4) is 0 Å². The summed E-state index contributed by atoms with van der Waals surface area (Å²) in [5.74, 6) is -5.95. The van der Waals surface area contributed by atoms with Gasteiger partial charge in [0.25, 0.3) is 0 Å². The van der Waals surface area contributed by atoms with E-state index in [1.165, 1.54) is 0 Å². The lowest BCUT2D eigenvalue weighted by molar-refractivity contribution is -0.155. The number of aliphatic hydroxyl groups is 2. The van der Waals surface area contributed by atoms with Gasteiger partial charge >= 0.3 is 17.9 Å². The number of nitrogens with two attached hydrogens (primary N) is 1. The smallest absolute Gasteiger partial charge is 0.333 e. The van der Waals surface area contributed by atoms with Gasteiger partial charge in [-0.1, -0.05) is 0 Å². The SMILES string of the molecule is NC(=O)C[C@@H](C(=O)O)N(CC(O)C(=O)O)CC(O)C(=O)O. The topological polar surface area (TPSA) is 199 Å². The van der Waals surface area contributed by atoms with Crippen molar-refractivity contribution in [3.8, 4) is 0 Å². The summed E-state index contributed by atoms with van der Waals surface area (Å²) in [5.41, 5.74) is 4.86. The Hall–Kier alpha value is -2.24. The second-order valence-corrected chi connectivity index (χ2v) is 4.19. The molecule has 0 heterocycles. The van der Waals surface area contributed by atoms with Gasteiger partial charge < -0.3 is 31.3 Å². The van der Waals surface area contributed by atoms with Crippen molar-refractivity contribution >= 4 is 23.8 Å². The molecule has 21 heavy (non-hydrogen) atoms. The molecule has 0 aromatic rings. The number of aliphatic hydroxyl groups excluding tert-OH is 2. The van der Waals surface area contributed by atoms with Crippen molar-refractivity contribution in [2.24, 2.45) is 5.73 Å². The molecule has 1 amide bonds. The van der Waals surface area contributed by atoms with E-state index in [1.54, 1.807) is 0 Å². The molecule has 0 fully saturated rings.